The summed E-state index contributed by atoms with van der Waals surface area (Å²) >= 11 is 6.58. The highest BCUT2D eigenvalue weighted by Gasteiger charge is 2.22. The minimum Gasteiger partial charge on any atom is -0.493 e. The van der Waals surface area contributed by atoms with Crippen LogP contribution in [0, 0.1) is 0 Å². The number of hydrazone groups is 1. The molecule has 11 nitrogen and oxygen atoms in total. The van der Waals surface area contributed by atoms with Gasteiger partial charge < -0.3 is 28.8 Å². The Balaban J connectivity index is 1.37. The summed E-state index contributed by atoms with van der Waals surface area (Å²) in [7, 11) is 5.29. The zero-order valence-electron chi connectivity index (χ0n) is 26.9. The van der Waals surface area contributed by atoms with Gasteiger partial charge in [-0.05, 0) is 73.2 Å². The fourth-order valence-electron chi connectivity index (χ4n) is 4.94. The van der Waals surface area contributed by atoms with Crippen LogP contribution in [0.2, 0.25) is 5.02 Å². The summed E-state index contributed by atoms with van der Waals surface area (Å²) in [5.74, 6) is -0.828. The number of aromatic nitrogens is 1. The number of fused-ring (bicyclic) bond motifs is 1. The van der Waals surface area contributed by atoms with E-state index >= 15 is 0 Å². The average Bonchev–Trinajstić information content (AvgIpc) is 3.45. The molecule has 0 aliphatic carbocycles. The van der Waals surface area contributed by atoms with Crippen LogP contribution in [0.4, 0.5) is 5.69 Å². The lowest BCUT2D eigenvalue weighted by atomic mass is 10.0. The summed E-state index contributed by atoms with van der Waals surface area (Å²) in [5, 5.41) is 5.53. The van der Waals surface area contributed by atoms with E-state index in [2.05, 4.69) is 15.5 Å². The number of benzene rings is 4. The normalized spacial score (nSPS) is 11.0. The van der Waals surface area contributed by atoms with Crippen LogP contribution in [-0.2, 0) is 4.79 Å². The summed E-state index contributed by atoms with van der Waals surface area (Å²) in [6, 6.07) is 22.4. The summed E-state index contributed by atoms with van der Waals surface area (Å²) in [4.78, 5) is 43.0. The third kappa shape index (κ3) is 7.42. The van der Waals surface area contributed by atoms with Gasteiger partial charge in [0, 0.05) is 53.8 Å². The molecule has 1 aromatic heterocycles. The number of amides is 1. The van der Waals surface area contributed by atoms with Crippen molar-refractivity contribution in [1.29, 1.82) is 0 Å². The first-order valence-corrected chi connectivity index (χ1v) is 15.2. The quantitative estimate of drug-likeness (QED) is 0.0675. The zero-order valence-corrected chi connectivity index (χ0v) is 27.7. The molecule has 0 radical (unpaired) electrons. The van der Waals surface area contributed by atoms with E-state index in [0.29, 0.717) is 34.0 Å². The van der Waals surface area contributed by atoms with Crippen molar-refractivity contribution in [2.45, 2.75) is 13.8 Å². The van der Waals surface area contributed by atoms with E-state index in [-0.39, 0.29) is 28.6 Å². The summed E-state index contributed by atoms with van der Waals surface area (Å²) in [5.41, 5.74) is 6.76. The van der Waals surface area contributed by atoms with Gasteiger partial charge in [-0.1, -0.05) is 29.8 Å². The number of carbonyl (C=O) groups is 3. The lowest BCUT2D eigenvalue weighted by Gasteiger charge is -2.13. The number of aromatic amines is 1. The molecular weight excluding hydrogens is 636 g/mol. The van der Waals surface area contributed by atoms with Crippen molar-refractivity contribution in [3.63, 3.8) is 0 Å². The van der Waals surface area contributed by atoms with Crippen LogP contribution in [-0.4, -0.2) is 56.9 Å². The van der Waals surface area contributed by atoms with Gasteiger partial charge in [-0.25, -0.2) is 10.2 Å². The van der Waals surface area contributed by atoms with E-state index in [1.54, 1.807) is 31.2 Å². The van der Waals surface area contributed by atoms with Crippen LogP contribution < -0.4 is 29.3 Å². The molecule has 5 rings (SSSR count). The van der Waals surface area contributed by atoms with Gasteiger partial charge in [0.25, 0.3) is 5.91 Å². The molecule has 4 aromatic carbocycles. The maximum absolute atomic E-state index is 13.5. The predicted octanol–water partition coefficient (Wildman–Crippen LogP) is 6.87. The minimum atomic E-state index is -0.678. The largest absolute Gasteiger partial charge is 0.493 e. The van der Waals surface area contributed by atoms with Gasteiger partial charge in [-0.2, -0.15) is 5.10 Å². The molecule has 0 saturated carbocycles. The predicted molar refractivity (Wildman–Crippen MR) is 185 cm³/mol. The highest BCUT2D eigenvalue weighted by Crippen LogP contribution is 2.38. The van der Waals surface area contributed by atoms with Gasteiger partial charge >= 0.3 is 11.9 Å². The molecule has 246 valence electrons. The van der Waals surface area contributed by atoms with E-state index in [1.165, 1.54) is 38.4 Å². The van der Waals surface area contributed by atoms with Crippen molar-refractivity contribution >= 4 is 52.3 Å². The number of methoxy groups -OCH3 is 1. The van der Waals surface area contributed by atoms with E-state index in [9.17, 15) is 14.4 Å². The van der Waals surface area contributed by atoms with E-state index < -0.39 is 17.8 Å². The second-order valence-corrected chi connectivity index (χ2v) is 11.1. The van der Waals surface area contributed by atoms with Crippen molar-refractivity contribution in [2.75, 3.05) is 32.7 Å². The molecule has 48 heavy (non-hydrogen) atoms. The molecule has 12 heteroatoms. The number of ether oxygens (including phenoxy) is 4. The Hall–Kier alpha value is -5.81. The fourth-order valence-corrected chi connectivity index (χ4v) is 5.17. The van der Waals surface area contributed by atoms with Crippen LogP contribution in [0.3, 0.4) is 0 Å². The molecule has 1 heterocycles. The number of anilines is 1. The lowest BCUT2D eigenvalue weighted by molar-refractivity contribution is -0.132. The highest BCUT2D eigenvalue weighted by molar-refractivity contribution is 6.34. The summed E-state index contributed by atoms with van der Waals surface area (Å²) in [6.07, 6.45) is 1.45. The minimum absolute atomic E-state index is 0.171. The number of halogens is 1. The van der Waals surface area contributed by atoms with Gasteiger partial charge in [-0.3, -0.25) is 9.59 Å². The Labute approximate surface area is 282 Å². The molecule has 0 aliphatic rings. The SMILES string of the molecule is CCOc1cc(C=NNC(=O)c2[nH]c3ccc(N(C)C)cc3c2-c2ccccc2Cl)ccc1OC(=O)c1ccc(OC(C)=O)c(OC)c1. The van der Waals surface area contributed by atoms with Crippen molar-refractivity contribution in [3.05, 3.63) is 101 Å². The summed E-state index contributed by atoms with van der Waals surface area (Å²) < 4.78 is 21.7. The molecule has 0 saturated heterocycles. The Bertz CT molecular complexity index is 2040. The molecule has 0 atom stereocenters. The average molecular weight is 669 g/mol. The van der Waals surface area contributed by atoms with E-state index in [4.69, 9.17) is 30.5 Å². The third-order valence-electron chi connectivity index (χ3n) is 7.17. The Morgan fingerprint density at radius 1 is 0.917 bits per heavy atom. The van der Waals surface area contributed by atoms with E-state index in [1.807, 2.05) is 55.4 Å². The smallest absolute Gasteiger partial charge is 0.343 e. The van der Waals surface area contributed by atoms with Crippen molar-refractivity contribution in [1.82, 2.24) is 10.4 Å². The highest BCUT2D eigenvalue weighted by atomic mass is 35.5. The first-order chi connectivity index (χ1) is 23.1. The molecule has 1 amide bonds. The standard InChI is InChI=1S/C36H33ClN4O7/c1-6-46-32-17-22(11-15-30(32)48-36(44)23-12-16-29(47-21(2)42)31(18-23)45-5)20-38-40-35(43)34-33(25-9-7-8-10-27(25)37)26-19-24(41(3)4)13-14-28(26)39-34/h7-20,39H,6H2,1-5H3,(H,40,43). The number of esters is 2. The number of carbonyl (C=O) groups excluding carboxylic acids is 3. The maximum Gasteiger partial charge on any atom is 0.343 e. The monoisotopic (exact) mass is 668 g/mol. The van der Waals surface area contributed by atoms with Crippen LogP contribution in [0.1, 0.15) is 40.3 Å². The molecule has 0 bridgehead atoms. The van der Waals surface area contributed by atoms with Crippen LogP contribution in [0.15, 0.2) is 84.0 Å². The van der Waals surface area contributed by atoms with Crippen LogP contribution in [0.25, 0.3) is 22.0 Å². The fraction of sp³-hybridized carbons (Fsp3) is 0.167. The maximum atomic E-state index is 13.5. The Kier molecular flexibility index (Phi) is 10.3. The van der Waals surface area contributed by atoms with Gasteiger partial charge in [-0.15, -0.1) is 0 Å². The third-order valence-corrected chi connectivity index (χ3v) is 7.50. The van der Waals surface area contributed by atoms with Crippen molar-refractivity contribution in [2.24, 2.45) is 5.10 Å². The number of nitrogens with zero attached hydrogens (tertiary/aromatic N) is 2. The number of rotatable bonds is 11. The molecule has 0 spiro atoms. The van der Waals surface area contributed by atoms with E-state index in [0.717, 1.165) is 16.6 Å². The van der Waals surface area contributed by atoms with Crippen LogP contribution in [0.5, 0.6) is 23.0 Å². The molecule has 0 fully saturated rings. The van der Waals surface area contributed by atoms with Crippen LogP contribution >= 0.6 is 11.6 Å². The molecule has 5 aromatic rings. The number of hydrogen-bond acceptors (Lipinski definition) is 9. The van der Waals surface area contributed by atoms with Crippen molar-refractivity contribution < 1.29 is 33.3 Å². The second-order valence-electron chi connectivity index (χ2n) is 10.7. The summed E-state index contributed by atoms with van der Waals surface area (Å²) in [6.45, 7) is 3.36. The Morgan fingerprint density at radius 2 is 1.67 bits per heavy atom. The Morgan fingerprint density at radius 3 is 2.38 bits per heavy atom. The van der Waals surface area contributed by atoms with Gasteiger partial charge in [0.2, 0.25) is 0 Å². The lowest BCUT2D eigenvalue weighted by Crippen LogP contribution is -2.19. The molecule has 2 N–H and O–H groups in total. The van der Waals surface area contributed by atoms with Gasteiger partial charge in [0.1, 0.15) is 5.69 Å². The molecular formula is C36H33ClN4O7. The first-order valence-electron chi connectivity index (χ1n) is 14.9. The number of nitrogens with one attached hydrogen (secondary N) is 2. The zero-order chi connectivity index (χ0) is 34.4. The number of hydrogen-bond donors (Lipinski definition) is 2. The van der Waals surface area contributed by atoms with Gasteiger partial charge in [0.05, 0.1) is 25.5 Å². The van der Waals surface area contributed by atoms with Gasteiger partial charge in [0.15, 0.2) is 23.0 Å². The topological polar surface area (TPSA) is 132 Å². The molecule has 0 unspecified atom stereocenters. The van der Waals surface area contributed by atoms with Crippen molar-refractivity contribution in [3.8, 4) is 34.1 Å². The second kappa shape index (κ2) is 14.7. The molecule has 0 aliphatic heterocycles. The first kappa shape index (κ1) is 33.6. The number of H-pyrrole nitrogens is 1.